The minimum absolute atomic E-state index is 0.598. The fourth-order valence-electron chi connectivity index (χ4n) is 2.56. The van der Waals surface area contributed by atoms with E-state index in [1.807, 2.05) is 0 Å². The molecule has 1 aliphatic carbocycles. The van der Waals surface area contributed by atoms with Gasteiger partial charge in [0.05, 0.1) is 5.69 Å². The molecule has 1 saturated carbocycles. The van der Waals surface area contributed by atoms with Crippen molar-refractivity contribution in [2.75, 3.05) is 18.5 Å². The number of rotatable bonds is 4. The SMILES string of the molecule is CCc1csc(N(C)C2CCCC2CN)n1. The van der Waals surface area contributed by atoms with Crippen molar-refractivity contribution >= 4 is 16.5 Å². The van der Waals surface area contributed by atoms with Crippen molar-refractivity contribution in [1.82, 2.24) is 4.98 Å². The molecule has 3 nitrogen and oxygen atoms in total. The molecule has 0 radical (unpaired) electrons. The van der Waals surface area contributed by atoms with Gasteiger partial charge >= 0.3 is 0 Å². The van der Waals surface area contributed by atoms with Gasteiger partial charge in [-0.1, -0.05) is 13.3 Å². The van der Waals surface area contributed by atoms with Crippen LogP contribution in [-0.2, 0) is 6.42 Å². The molecule has 0 aliphatic heterocycles. The van der Waals surface area contributed by atoms with Gasteiger partial charge in [0.15, 0.2) is 5.13 Å². The number of aryl methyl sites for hydroxylation is 1. The van der Waals surface area contributed by atoms with E-state index in [2.05, 4.69) is 29.2 Å². The molecule has 1 aromatic rings. The molecule has 90 valence electrons. The molecule has 4 heteroatoms. The van der Waals surface area contributed by atoms with Gasteiger partial charge in [-0.25, -0.2) is 4.98 Å². The van der Waals surface area contributed by atoms with Crippen LogP contribution in [0.2, 0.25) is 0 Å². The Hall–Kier alpha value is -0.610. The molecule has 0 aromatic carbocycles. The van der Waals surface area contributed by atoms with E-state index in [-0.39, 0.29) is 0 Å². The fourth-order valence-corrected chi connectivity index (χ4v) is 3.50. The van der Waals surface area contributed by atoms with Gasteiger partial charge in [0.25, 0.3) is 0 Å². The molecule has 2 unspecified atom stereocenters. The Morgan fingerprint density at radius 3 is 3.00 bits per heavy atom. The minimum Gasteiger partial charge on any atom is -0.348 e. The van der Waals surface area contributed by atoms with Crippen LogP contribution < -0.4 is 10.6 Å². The Kier molecular flexibility index (Phi) is 3.82. The zero-order chi connectivity index (χ0) is 11.5. The van der Waals surface area contributed by atoms with Gasteiger partial charge in [-0.3, -0.25) is 0 Å². The first kappa shape index (κ1) is 11.9. The molecular weight excluding hydrogens is 218 g/mol. The summed E-state index contributed by atoms with van der Waals surface area (Å²) in [5.41, 5.74) is 7.03. The second-order valence-corrected chi connectivity index (χ2v) is 5.42. The maximum Gasteiger partial charge on any atom is 0.185 e. The fraction of sp³-hybridized carbons (Fsp3) is 0.750. The predicted molar refractivity (Wildman–Crippen MR) is 70.1 cm³/mol. The summed E-state index contributed by atoms with van der Waals surface area (Å²) < 4.78 is 0. The molecule has 0 spiro atoms. The third kappa shape index (κ3) is 2.23. The van der Waals surface area contributed by atoms with Crippen LogP contribution in [0.1, 0.15) is 31.9 Å². The zero-order valence-corrected chi connectivity index (χ0v) is 11.0. The van der Waals surface area contributed by atoms with Gasteiger partial charge in [0.1, 0.15) is 0 Å². The Labute approximate surface area is 102 Å². The average Bonchev–Trinajstić information content (AvgIpc) is 2.96. The van der Waals surface area contributed by atoms with E-state index in [0.29, 0.717) is 12.0 Å². The predicted octanol–water partition coefficient (Wildman–Crippen LogP) is 2.27. The van der Waals surface area contributed by atoms with Gasteiger partial charge in [-0.15, -0.1) is 11.3 Å². The van der Waals surface area contributed by atoms with E-state index in [1.165, 1.54) is 25.0 Å². The molecule has 1 fully saturated rings. The number of aromatic nitrogens is 1. The van der Waals surface area contributed by atoms with Gasteiger partial charge < -0.3 is 10.6 Å². The van der Waals surface area contributed by atoms with Crippen molar-refractivity contribution in [2.24, 2.45) is 11.7 Å². The second-order valence-electron chi connectivity index (χ2n) is 4.58. The summed E-state index contributed by atoms with van der Waals surface area (Å²) in [5, 5.41) is 3.32. The van der Waals surface area contributed by atoms with E-state index in [1.54, 1.807) is 11.3 Å². The van der Waals surface area contributed by atoms with E-state index in [0.717, 1.165) is 18.1 Å². The van der Waals surface area contributed by atoms with Crippen molar-refractivity contribution in [3.8, 4) is 0 Å². The average molecular weight is 239 g/mol. The van der Waals surface area contributed by atoms with Crippen LogP contribution >= 0.6 is 11.3 Å². The van der Waals surface area contributed by atoms with E-state index in [9.17, 15) is 0 Å². The number of nitrogens with two attached hydrogens (primary N) is 1. The summed E-state index contributed by atoms with van der Waals surface area (Å²) in [7, 11) is 2.16. The lowest BCUT2D eigenvalue weighted by molar-refractivity contribution is 0.474. The summed E-state index contributed by atoms with van der Waals surface area (Å²) in [6, 6.07) is 0.598. The number of hydrogen-bond acceptors (Lipinski definition) is 4. The standard InChI is InChI=1S/C12H21N3S/c1-3-10-8-16-12(14-10)15(2)11-6-4-5-9(11)7-13/h8-9,11H,3-7,13H2,1-2H3. The Morgan fingerprint density at radius 2 is 2.38 bits per heavy atom. The van der Waals surface area contributed by atoms with Crippen LogP contribution in [0.15, 0.2) is 5.38 Å². The summed E-state index contributed by atoms with van der Waals surface area (Å²) in [6.45, 7) is 2.96. The van der Waals surface area contributed by atoms with Crippen LogP contribution in [0.4, 0.5) is 5.13 Å². The smallest absolute Gasteiger partial charge is 0.185 e. The molecule has 2 N–H and O–H groups in total. The highest BCUT2D eigenvalue weighted by Gasteiger charge is 2.30. The van der Waals surface area contributed by atoms with Gasteiger partial charge in [0.2, 0.25) is 0 Å². The largest absolute Gasteiger partial charge is 0.348 e. The van der Waals surface area contributed by atoms with Crippen LogP contribution in [-0.4, -0.2) is 24.6 Å². The normalized spacial score (nSPS) is 24.9. The summed E-state index contributed by atoms with van der Waals surface area (Å²) in [6.07, 6.45) is 4.87. The van der Waals surface area contributed by atoms with Gasteiger partial charge in [-0.2, -0.15) is 0 Å². The van der Waals surface area contributed by atoms with Crippen molar-refractivity contribution in [3.05, 3.63) is 11.1 Å². The summed E-state index contributed by atoms with van der Waals surface area (Å²) in [4.78, 5) is 6.99. The van der Waals surface area contributed by atoms with Crippen molar-refractivity contribution in [3.63, 3.8) is 0 Å². The maximum atomic E-state index is 5.83. The molecule has 0 amide bonds. The monoisotopic (exact) mass is 239 g/mol. The Balaban J connectivity index is 2.08. The third-order valence-corrected chi connectivity index (χ3v) is 4.60. The molecule has 1 heterocycles. The summed E-state index contributed by atoms with van der Waals surface area (Å²) >= 11 is 1.76. The topological polar surface area (TPSA) is 42.1 Å². The highest BCUT2D eigenvalue weighted by Crippen LogP contribution is 2.32. The number of nitrogens with zero attached hydrogens (tertiary/aromatic N) is 2. The van der Waals surface area contributed by atoms with E-state index in [4.69, 9.17) is 5.73 Å². The summed E-state index contributed by atoms with van der Waals surface area (Å²) in [5.74, 6) is 0.652. The number of hydrogen-bond donors (Lipinski definition) is 1. The van der Waals surface area contributed by atoms with Crippen molar-refractivity contribution in [2.45, 2.75) is 38.6 Å². The lowest BCUT2D eigenvalue weighted by Gasteiger charge is -2.28. The van der Waals surface area contributed by atoms with Crippen LogP contribution in [0, 0.1) is 5.92 Å². The first-order valence-corrected chi connectivity index (χ1v) is 7.01. The van der Waals surface area contributed by atoms with Crippen LogP contribution in [0.3, 0.4) is 0 Å². The molecule has 2 atom stereocenters. The molecule has 2 rings (SSSR count). The Morgan fingerprint density at radius 1 is 1.56 bits per heavy atom. The third-order valence-electron chi connectivity index (χ3n) is 3.62. The minimum atomic E-state index is 0.598. The lowest BCUT2D eigenvalue weighted by Crippen LogP contribution is -2.37. The number of thiazole rings is 1. The van der Waals surface area contributed by atoms with Crippen LogP contribution in [0.25, 0.3) is 0 Å². The van der Waals surface area contributed by atoms with E-state index < -0.39 is 0 Å². The highest BCUT2D eigenvalue weighted by atomic mass is 32.1. The van der Waals surface area contributed by atoms with E-state index >= 15 is 0 Å². The first-order chi connectivity index (χ1) is 7.76. The molecule has 0 saturated heterocycles. The first-order valence-electron chi connectivity index (χ1n) is 6.13. The molecule has 16 heavy (non-hydrogen) atoms. The lowest BCUT2D eigenvalue weighted by atomic mass is 10.0. The second kappa shape index (κ2) is 5.15. The highest BCUT2D eigenvalue weighted by molar-refractivity contribution is 7.13. The van der Waals surface area contributed by atoms with Crippen molar-refractivity contribution < 1.29 is 0 Å². The Bertz CT molecular complexity index is 337. The van der Waals surface area contributed by atoms with Gasteiger partial charge in [-0.05, 0) is 31.7 Å². The number of anilines is 1. The quantitative estimate of drug-likeness (QED) is 0.876. The molecule has 1 aromatic heterocycles. The molecule has 1 aliphatic rings. The molecular formula is C12H21N3S. The zero-order valence-electron chi connectivity index (χ0n) is 10.1. The van der Waals surface area contributed by atoms with Gasteiger partial charge in [0, 0.05) is 18.5 Å². The molecule has 0 bridgehead atoms. The van der Waals surface area contributed by atoms with Crippen LogP contribution in [0.5, 0.6) is 0 Å². The van der Waals surface area contributed by atoms with Crippen molar-refractivity contribution in [1.29, 1.82) is 0 Å². The maximum absolute atomic E-state index is 5.83.